The van der Waals surface area contributed by atoms with Crippen molar-refractivity contribution in [1.82, 2.24) is 9.97 Å². The Kier molecular flexibility index (Phi) is 6.46. The Morgan fingerprint density at radius 3 is 2.58 bits per heavy atom. The van der Waals surface area contributed by atoms with E-state index in [1.54, 1.807) is 6.20 Å². The van der Waals surface area contributed by atoms with Crippen LogP contribution in [0, 0.1) is 6.92 Å². The van der Waals surface area contributed by atoms with E-state index in [0.717, 1.165) is 52.7 Å². The van der Waals surface area contributed by atoms with Gasteiger partial charge in [-0.15, -0.1) is 0 Å². The van der Waals surface area contributed by atoms with Gasteiger partial charge in [0.2, 0.25) is 5.91 Å². The second-order valence-corrected chi connectivity index (χ2v) is 8.91. The Morgan fingerprint density at radius 1 is 1.06 bits per heavy atom. The lowest BCUT2D eigenvalue weighted by Crippen LogP contribution is -2.22. The zero-order chi connectivity index (χ0) is 21.8. The van der Waals surface area contributed by atoms with Crippen LogP contribution in [0.2, 0.25) is 0 Å². The van der Waals surface area contributed by atoms with Crippen LogP contribution in [0.4, 0.5) is 15.6 Å². The molecule has 162 valence electrons. The van der Waals surface area contributed by atoms with Crippen molar-refractivity contribution in [2.45, 2.75) is 58.5 Å². The number of pyridine rings is 1. The number of aryl methyl sites for hydroxylation is 1. The highest BCUT2D eigenvalue weighted by Crippen LogP contribution is 2.31. The lowest BCUT2D eigenvalue weighted by atomic mass is 10.1. The van der Waals surface area contributed by atoms with Crippen LogP contribution >= 0.6 is 11.3 Å². The highest BCUT2D eigenvalue weighted by molar-refractivity contribution is 7.22. The van der Waals surface area contributed by atoms with E-state index < -0.39 is 6.09 Å². The third-order valence-corrected chi connectivity index (χ3v) is 6.34. The van der Waals surface area contributed by atoms with Gasteiger partial charge in [-0.25, -0.2) is 9.78 Å². The number of fused-ring (bicyclic) bond motifs is 1. The fourth-order valence-corrected chi connectivity index (χ4v) is 4.73. The topological polar surface area (TPSA) is 93.2 Å². The molecule has 3 aromatic rings. The normalized spacial score (nSPS) is 14.8. The van der Waals surface area contributed by atoms with Crippen LogP contribution in [-0.4, -0.2) is 28.1 Å². The van der Waals surface area contributed by atoms with Crippen LogP contribution in [-0.2, 0) is 9.53 Å². The SMILES string of the molecule is CC(=O)Nc1nc2ccc(-c3cnc(C)c(NC(=O)OC4CCCCCC4)c3)cc2s1. The van der Waals surface area contributed by atoms with Gasteiger partial charge in [-0.3, -0.25) is 15.1 Å². The summed E-state index contributed by atoms with van der Waals surface area (Å²) in [6.07, 6.45) is 7.85. The summed E-state index contributed by atoms with van der Waals surface area (Å²) in [5.41, 5.74) is 4.03. The largest absolute Gasteiger partial charge is 0.446 e. The van der Waals surface area contributed by atoms with Gasteiger partial charge in [-0.2, -0.15) is 0 Å². The smallest absolute Gasteiger partial charge is 0.411 e. The van der Waals surface area contributed by atoms with Gasteiger partial charge in [0, 0.05) is 18.7 Å². The number of carbonyl (C=O) groups excluding carboxylic acids is 2. The van der Waals surface area contributed by atoms with Crippen molar-refractivity contribution in [3.8, 4) is 11.1 Å². The molecule has 2 aromatic heterocycles. The van der Waals surface area contributed by atoms with E-state index in [4.69, 9.17) is 4.74 Å². The third-order valence-electron chi connectivity index (χ3n) is 5.40. The van der Waals surface area contributed by atoms with Crippen molar-refractivity contribution in [2.24, 2.45) is 0 Å². The Hall–Kier alpha value is -3.00. The first-order chi connectivity index (χ1) is 15.0. The van der Waals surface area contributed by atoms with Gasteiger partial charge in [0.05, 0.1) is 21.6 Å². The highest BCUT2D eigenvalue weighted by atomic mass is 32.1. The molecule has 0 aliphatic heterocycles. The summed E-state index contributed by atoms with van der Waals surface area (Å²) in [5.74, 6) is -0.145. The number of anilines is 2. The van der Waals surface area contributed by atoms with Crippen LogP contribution < -0.4 is 10.6 Å². The van der Waals surface area contributed by atoms with Crippen molar-refractivity contribution in [2.75, 3.05) is 10.6 Å². The van der Waals surface area contributed by atoms with E-state index in [2.05, 4.69) is 20.6 Å². The number of rotatable bonds is 4. The number of hydrogen-bond donors (Lipinski definition) is 2. The molecule has 8 heteroatoms. The van der Waals surface area contributed by atoms with Crippen LogP contribution in [0.15, 0.2) is 30.5 Å². The predicted octanol–water partition coefficient (Wildman–Crippen LogP) is 5.90. The minimum atomic E-state index is -0.424. The van der Waals surface area contributed by atoms with Crippen molar-refractivity contribution < 1.29 is 14.3 Å². The second kappa shape index (κ2) is 9.43. The molecule has 7 nitrogen and oxygen atoms in total. The summed E-state index contributed by atoms with van der Waals surface area (Å²) in [7, 11) is 0. The number of thiazole rings is 1. The summed E-state index contributed by atoms with van der Waals surface area (Å²) in [5, 5.41) is 6.17. The summed E-state index contributed by atoms with van der Waals surface area (Å²) in [6, 6.07) is 7.80. The molecule has 2 N–H and O–H groups in total. The van der Waals surface area contributed by atoms with Gasteiger partial charge >= 0.3 is 6.09 Å². The van der Waals surface area contributed by atoms with Crippen molar-refractivity contribution in [3.05, 3.63) is 36.2 Å². The molecular weight excluding hydrogens is 412 g/mol. The molecule has 1 fully saturated rings. The zero-order valence-electron chi connectivity index (χ0n) is 17.7. The molecule has 1 aliphatic rings. The zero-order valence-corrected chi connectivity index (χ0v) is 18.6. The Bertz CT molecular complexity index is 1100. The van der Waals surface area contributed by atoms with Crippen molar-refractivity contribution in [3.63, 3.8) is 0 Å². The van der Waals surface area contributed by atoms with E-state index in [-0.39, 0.29) is 12.0 Å². The summed E-state index contributed by atoms with van der Waals surface area (Å²) in [6.45, 7) is 3.32. The maximum absolute atomic E-state index is 12.5. The van der Waals surface area contributed by atoms with Crippen LogP contribution in [0.5, 0.6) is 0 Å². The van der Waals surface area contributed by atoms with Crippen LogP contribution in [0.3, 0.4) is 0 Å². The van der Waals surface area contributed by atoms with Crippen LogP contribution in [0.25, 0.3) is 21.3 Å². The number of carbonyl (C=O) groups is 2. The van der Waals surface area contributed by atoms with E-state index in [1.807, 2.05) is 31.2 Å². The number of nitrogens with zero attached hydrogens (tertiary/aromatic N) is 2. The highest BCUT2D eigenvalue weighted by Gasteiger charge is 2.18. The molecule has 0 radical (unpaired) electrons. The van der Waals surface area contributed by atoms with E-state index in [0.29, 0.717) is 10.8 Å². The van der Waals surface area contributed by atoms with Gasteiger partial charge in [0.25, 0.3) is 0 Å². The van der Waals surface area contributed by atoms with Gasteiger partial charge in [-0.05, 0) is 56.4 Å². The molecule has 4 rings (SSSR count). The first-order valence-corrected chi connectivity index (χ1v) is 11.4. The average molecular weight is 439 g/mol. The van der Waals surface area contributed by atoms with Gasteiger partial charge < -0.3 is 10.1 Å². The number of nitrogens with one attached hydrogen (secondary N) is 2. The lowest BCUT2D eigenvalue weighted by molar-refractivity contribution is -0.114. The van der Waals surface area contributed by atoms with Gasteiger partial charge in [0.1, 0.15) is 6.10 Å². The number of hydrogen-bond acceptors (Lipinski definition) is 6. The minimum Gasteiger partial charge on any atom is -0.446 e. The molecule has 1 aromatic carbocycles. The van der Waals surface area contributed by atoms with Crippen molar-refractivity contribution in [1.29, 1.82) is 0 Å². The fraction of sp³-hybridized carbons (Fsp3) is 0.391. The summed E-state index contributed by atoms with van der Waals surface area (Å²) < 4.78 is 6.61. The maximum atomic E-state index is 12.5. The first kappa shape index (κ1) is 21.2. The molecule has 2 amide bonds. The molecule has 0 unspecified atom stereocenters. The molecule has 2 heterocycles. The van der Waals surface area contributed by atoms with Crippen molar-refractivity contribution >= 4 is 44.4 Å². The molecule has 0 spiro atoms. The standard InChI is InChI=1S/C23H26N4O3S/c1-14-20(27-23(29)30-18-7-5-3-4-6-8-18)11-17(13-24-14)16-9-10-19-21(12-16)31-22(26-19)25-15(2)28/h9-13,18H,3-8H2,1-2H3,(H,27,29)(H,25,26,28). The molecule has 0 saturated heterocycles. The lowest BCUT2D eigenvalue weighted by Gasteiger charge is -2.16. The second-order valence-electron chi connectivity index (χ2n) is 7.88. The summed E-state index contributed by atoms with van der Waals surface area (Å²) >= 11 is 1.42. The first-order valence-electron chi connectivity index (χ1n) is 10.6. The Morgan fingerprint density at radius 2 is 1.84 bits per heavy atom. The molecule has 0 bridgehead atoms. The number of benzene rings is 1. The van der Waals surface area contributed by atoms with Gasteiger partial charge in [-0.1, -0.05) is 30.2 Å². The fourth-order valence-electron chi connectivity index (χ4n) is 3.78. The summed E-state index contributed by atoms with van der Waals surface area (Å²) in [4.78, 5) is 32.6. The molecule has 1 saturated carbocycles. The van der Waals surface area contributed by atoms with E-state index >= 15 is 0 Å². The average Bonchev–Trinajstić information content (AvgIpc) is 2.94. The number of aromatic nitrogens is 2. The number of ether oxygens (including phenoxy) is 1. The quantitative estimate of drug-likeness (QED) is 0.495. The predicted molar refractivity (Wildman–Crippen MR) is 123 cm³/mol. The molecule has 31 heavy (non-hydrogen) atoms. The third kappa shape index (κ3) is 5.38. The minimum absolute atomic E-state index is 0.00880. The van der Waals surface area contributed by atoms with E-state index in [1.165, 1.54) is 31.1 Å². The van der Waals surface area contributed by atoms with Crippen LogP contribution in [0.1, 0.15) is 51.1 Å². The number of amides is 2. The monoisotopic (exact) mass is 438 g/mol. The molecular formula is C23H26N4O3S. The Labute approximate surface area is 185 Å². The van der Waals surface area contributed by atoms with E-state index in [9.17, 15) is 9.59 Å². The molecule has 0 atom stereocenters. The Balaban J connectivity index is 1.51. The van der Waals surface area contributed by atoms with Gasteiger partial charge in [0.15, 0.2) is 5.13 Å². The molecule has 1 aliphatic carbocycles. The maximum Gasteiger partial charge on any atom is 0.411 e.